The smallest absolute Gasteiger partial charge is 0.291 e. The molecule has 1 unspecified atom stereocenters. The van der Waals surface area contributed by atoms with E-state index in [2.05, 4.69) is 16.3 Å². The topological polar surface area (TPSA) is 125 Å². The first kappa shape index (κ1) is 24.1. The first-order valence-electron chi connectivity index (χ1n) is 12.3. The molecule has 38 heavy (non-hydrogen) atoms. The standard InChI is InChI=1S/C27H24N6O4S/c1-31-23-9-8-20(38(35,36)24-10-11-32(30-24)25-7-2-3-12-37-25)14-21(23)22-16-29-33(27(34)26(22)31)17-19-6-4-5-18(13-19)15-28/h4-6,8-11,13-14,16,25H,2-3,7,12,17H2,1H3. The van der Waals surface area contributed by atoms with Crippen LogP contribution in [0.25, 0.3) is 21.8 Å². The highest BCUT2D eigenvalue weighted by molar-refractivity contribution is 7.91. The third kappa shape index (κ3) is 3.98. The Kier molecular flexibility index (Phi) is 5.86. The van der Waals surface area contributed by atoms with Crippen molar-refractivity contribution < 1.29 is 13.2 Å². The summed E-state index contributed by atoms with van der Waals surface area (Å²) >= 11 is 0. The van der Waals surface area contributed by atoms with E-state index in [0.717, 1.165) is 24.8 Å². The zero-order chi connectivity index (χ0) is 26.4. The maximum atomic E-state index is 13.5. The van der Waals surface area contributed by atoms with Gasteiger partial charge in [0.1, 0.15) is 11.7 Å². The summed E-state index contributed by atoms with van der Waals surface area (Å²) in [5, 5.41) is 19.0. The molecule has 0 amide bonds. The van der Waals surface area contributed by atoms with Crippen LogP contribution in [-0.4, -0.2) is 39.2 Å². The van der Waals surface area contributed by atoms with Gasteiger partial charge >= 0.3 is 0 Å². The Labute approximate surface area is 218 Å². The molecule has 0 bridgehead atoms. The minimum atomic E-state index is -3.90. The summed E-state index contributed by atoms with van der Waals surface area (Å²) in [7, 11) is -2.13. The zero-order valence-electron chi connectivity index (χ0n) is 20.6. The second-order valence-corrected chi connectivity index (χ2v) is 11.3. The van der Waals surface area contributed by atoms with Crippen LogP contribution in [0.1, 0.15) is 36.6 Å². The molecule has 10 nitrogen and oxygen atoms in total. The number of nitrogens with zero attached hydrogens (tertiary/aromatic N) is 6. The Morgan fingerprint density at radius 3 is 2.79 bits per heavy atom. The molecule has 0 saturated carbocycles. The molecule has 0 aliphatic carbocycles. The first-order chi connectivity index (χ1) is 18.4. The average molecular weight is 529 g/mol. The zero-order valence-corrected chi connectivity index (χ0v) is 21.4. The number of benzene rings is 2. The minimum absolute atomic E-state index is 0.0497. The van der Waals surface area contributed by atoms with E-state index in [9.17, 15) is 13.2 Å². The molecule has 1 atom stereocenters. The molecule has 0 N–H and O–H groups in total. The number of nitriles is 1. The van der Waals surface area contributed by atoms with Crippen LogP contribution >= 0.6 is 0 Å². The Bertz CT molecular complexity index is 1910. The number of sulfone groups is 1. The van der Waals surface area contributed by atoms with E-state index < -0.39 is 9.84 Å². The van der Waals surface area contributed by atoms with Gasteiger partial charge in [0.15, 0.2) is 5.03 Å². The molecule has 0 radical (unpaired) electrons. The van der Waals surface area contributed by atoms with Crippen molar-refractivity contribution in [3.63, 3.8) is 0 Å². The van der Waals surface area contributed by atoms with Gasteiger partial charge in [0.25, 0.3) is 5.56 Å². The summed E-state index contributed by atoms with van der Waals surface area (Å²) in [6.07, 6.45) is 5.74. The van der Waals surface area contributed by atoms with Crippen LogP contribution in [-0.2, 0) is 28.2 Å². The summed E-state index contributed by atoms with van der Waals surface area (Å²) < 4.78 is 37.3. The largest absolute Gasteiger partial charge is 0.357 e. The van der Waals surface area contributed by atoms with Crippen LogP contribution in [0.2, 0.25) is 0 Å². The van der Waals surface area contributed by atoms with Gasteiger partial charge in [-0.05, 0) is 61.2 Å². The lowest BCUT2D eigenvalue weighted by Crippen LogP contribution is -2.24. The number of fused-ring (bicyclic) bond motifs is 3. The summed E-state index contributed by atoms with van der Waals surface area (Å²) in [4.78, 5) is 13.5. The van der Waals surface area contributed by atoms with Gasteiger partial charge in [-0.2, -0.15) is 15.5 Å². The predicted molar refractivity (Wildman–Crippen MR) is 139 cm³/mol. The predicted octanol–water partition coefficient (Wildman–Crippen LogP) is 3.54. The number of hydrogen-bond donors (Lipinski definition) is 0. The van der Waals surface area contributed by atoms with Gasteiger partial charge in [-0.25, -0.2) is 17.8 Å². The van der Waals surface area contributed by atoms with Crippen molar-refractivity contribution in [2.45, 2.75) is 42.0 Å². The third-order valence-electron chi connectivity index (χ3n) is 6.98. The monoisotopic (exact) mass is 528 g/mol. The molecule has 3 aromatic heterocycles. The molecule has 2 aromatic carbocycles. The van der Waals surface area contributed by atoms with E-state index in [1.165, 1.54) is 16.8 Å². The quantitative estimate of drug-likeness (QED) is 0.342. The summed E-state index contributed by atoms with van der Waals surface area (Å²) in [6, 6.07) is 15.4. The lowest BCUT2D eigenvalue weighted by Gasteiger charge is -2.22. The van der Waals surface area contributed by atoms with E-state index in [1.54, 1.807) is 59.0 Å². The lowest BCUT2D eigenvalue weighted by molar-refractivity contribution is -0.0401. The third-order valence-corrected chi connectivity index (χ3v) is 8.62. The number of ether oxygens (including phenoxy) is 1. The van der Waals surface area contributed by atoms with Gasteiger partial charge < -0.3 is 9.30 Å². The van der Waals surface area contributed by atoms with Crippen LogP contribution in [0.3, 0.4) is 0 Å². The Morgan fingerprint density at radius 1 is 1.13 bits per heavy atom. The van der Waals surface area contributed by atoms with Crippen LogP contribution in [0, 0.1) is 11.3 Å². The fourth-order valence-electron chi connectivity index (χ4n) is 5.01. The summed E-state index contributed by atoms with van der Waals surface area (Å²) in [5.74, 6) is 0. The van der Waals surface area contributed by atoms with Gasteiger partial charge in [0, 0.05) is 36.1 Å². The fourth-order valence-corrected chi connectivity index (χ4v) is 6.22. The summed E-state index contributed by atoms with van der Waals surface area (Å²) in [5.41, 5.74) is 2.11. The van der Waals surface area contributed by atoms with E-state index in [-0.39, 0.29) is 28.3 Å². The van der Waals surface area contributed by atoms with Crippen molar-refractivity contribution in [2.24, 2.45) is 7.05 Å². The average Bonchev–Trinajstić information content (AvgIpc) is 3.55. The molecule has 6 rings (SSSR count). The van der Waals surface area contributed by atoms with Crippen LogP contribution in [0.4, 0.5) is 0 Å². The lowest BCUT2D eigenvalue weighted by atomic mass is 10.1. The van der Waals surface area contributed by atoms with Crippen molar-refractivity contribution in [3.8, 4) is 6.07 Å². The number of hydrogen-bond acceptors (Lipinski definition) is 7. The fraction of sp³-hybridized carbons (Fsp3) is 0.259. The molecule has 11 heteroatoms. The highest BCUT2D eigenvalue weighted by atomic mass is 32.2. The van der Waals surface area contributed by atoms with Crippen molar-refractivity contribution in [2.75, 3.05) is 6.61 Å². The van der Waals surface area contributed by atoms with Crippen molar-refractivity contribution in [3.05, 3.63) is 82.4 Å². The van der Waals surface area contributed by atoms with Gasteiger partial charge in [-0.1, -0.05) is 12.1 Å². The maximum Gasteiger partial charge on any atom is 0.291 e. The van der Waals surface area contributed by atoms with Crippen LogP contribution < -0.4 is 5.56 Å². The normalized spacial score (nSPS) is 16.2. The molecule has 1 aliphatic rings. The highest BCUT2D eigenvalue weighted by Gasteiger charge is 2.25. The van der Waals surface area contributed by atoms with Gasteiger partial charge in [-0.3, -0.25) is 4.79 Å². The molecular formula is C27H24N6O4S. The first-order valence-corrected chi connectivity index (χ1v) is 13.7. The Hall–Kier alpha value is -4.27. The van der Waals surface area contributed by atoms with E-state index in [4.69, 9.17) is 10.00 Å². The molecule has 5 aromatic rings. The van der Waals surface area contributed by atoms with E-state index in [0.29, 0.717) is 34.0 Å². The Morgan fingerprint density at radius 2 is 2.00 bits per heavy atom. The van der Waals surface area contributed by atoms with Gasteiger partial charge in [0.2, 0.25) is 9.84 Å². The molecule has 0 spiro atoms. The van der Waals surface area contributed by atoms with Crippen molar-refractivity contribution >= 4 is 31.6 Å². The number of aromatic nitrogens is 5. The Balaban J connectivity index is 1.40. The second kappa shape index (κ2) is 9.24. The van der Waals surface area contributed by atoms with Crippen LogP contribution in [0.5, 0.6) is 0 Å². The van der Waals surface area contributed by atoms with E-state index in [1.807, 2.05) is 6.07 Å². The highest BCUT2D eigenvalue weighted by Crippen LogP contribution is 2.30. The van der Waals surface area contributed by atoms with Crippen LogP contribution in [0.15, 0.2) is 75.6 Å². The van der Waals surface area contributed by atoms with Gasteiger partial charge in [-0.15, -0.1) is 0 Å². The molecule has 1 saturated heterocycles. The molecule has 4 heterocycles. The minimum Gasteiger partial charge on any atom is -0.357 e. The molecule has 1 fully saturated rings. The van der Waals surface area contributed by atoms with Crippen molar-refractivity contribution in [1.82, 2.24) is 24.1 Å². The van der Waals surface area contributed by atoms with Crippen molar-refractivity contribution in [1.29, 1.82) is 5.26 Å². The SMILES string of the molecule is Cn1c2ccc(S(=O)(=O)c3ccn(C4CCCCO4)n3)cc2c2cnn(Cc3cccc(C#N)c3)c(=O)c21. The molecular weight excluding hydrogens is 504 g/mol. The molecule has 1 aliphatic heterocycles. The number of rotatable bonds is 5. The maximum absolute atomic E-state index is 13.5. The summed E-state index contributed by atoms with van der Waals surface area (Å²) in [6.45, 7) is 0.838. The molecule has 192 valence electrons. The van der Waals surface area contributed by atoms with E-state index >= 15 is 0 Å². The second-order valence-electron chi connectivity index (χ2n) is 9.38. The number of aryl methyl sites for hydroxylation is 1. The van der Waals surface area contributed by atoms with Gasteiger partial charge in [0.05, 0.1) is 29.3 Å².